The highest BCUT2D eigenvalue weighted by Crippen LogP contribution is 2.20. The number of hydrogen-bond acceptors (Lipinski definition) is 3. The second kappa shape index (κ2) is 5.91. The Hall–Kier alpha value is -1.49. The van der Waals surface area contributed by atoms with Crippen molar-refractivity contribution >= 4 is 5.69 Å². The molecule has 2 rings (SSSR count). The molecule has 0 amide bonds. The molecular weight excluding hydrogens is 235 g/mol. The van der Waals surface area contributed by atoms with Crippen LogP contribution in [0.2, 0.25) is 0 Å². The van der Waals surface area contributed by atoms with E-state index in [-0.39, 0.29) is 0 Å². The lowest BCUT2D eigenvalue weighted by Gasteiger charge is -2.22. The van der Waals surface area contributed by atoms with Crippen molar-refractivity contribution in [1.82, 2.24) is 5.32 Å². The predicted molar refractivity (Wildman–Crippen MR) is 66.8 cm³/mol. The van der Waals surface area contributed by atoms with E-state index in [0.29, 0.717) is 12.6 Å². The highest BCUT2D eigenvalue weighted by molar-refractivity contribution is 5.34. The standard InChI is InChI=1S/C13H17FN2O2/c14-12-8-10(6-7-13(12)16(17)18)9-15-11-4-2-1-3-5-11/h6-8,11,15H,1-5,9H2. The Kier molecular flexibility index (Phi) is 4.25. The molecule has 0 heterocycles. The molecule has 0 aromatic heterocycles. The van der Waals surface area contributed by atoms with Gasteiger partial charge in [-0.3, -0.25) is 10.1 Å². The monoisotopic (exact) mass is 252 g/mol. The molecule has 0 spiro atoms. The summed E-state index contributed by atoms with van der Waals surface area (Å²) in [6.07, 6.45) is 6.11. The topological polar surface area (TPSA) is 55.2 Å². The molecular formula is C13H17FN2O2. The summed E-state index contributed by atoms with van der Waals surface area (Å²) in [5, 5.41) is 13.9. The molecule has 1 aliphatic rings. The van der Waals surface area contributed by atoms with Gasteiger partial charge in [-0.2, -0.15) is 4.39 Å². The second-order valence-corrected chi connectivity index (χ2v) is 4.76. The van der Waals surface area contributed by atoms with Crippen LogP contribution in [0.1, 0.15) is 37.7 Å². The van der Waals surface area contributed by atoms with E-state index in [9.17, 15) is 14.5 Å². The Labute approximate surface area is 105 Å². The van der Waals surface area contributed by atoms with Crippen LogP contribution in [0.15, 0.2) is 18.2 Å². The van der Waals surface area contributed by atoms with Gasteiger partial charge in [0.05, 0.1) is 4.92 Å². The first-order valence-corrected chi connectivity index (χ1v) is 6.33. The lowest BCUT2D eigenvalue weighted by Crippen LogP contribution is -2.30. The molecule has 0 radical (unpaired) electrons. The summed E-state index contributed by atoms with van der Waals surface area (Å²) in [5.41, 5.74) is 0.292. The van der Waals surface area contributed by atoms with E-state index < -0.39 is 16.4 Å². The number of nitrogens with zero attached hydrogens (tertiary/aromatic N) is 1. The second-order valence-electron chi connectivity index (χ2n) is 4.76. The number of nitro benzene ring substituents is 1. The van der Waals surface area contributed by atoms with Crippen LogP contribution in [0.25, 0.3) is 0 Å². The average Bonchev–Trinajstić information content (AvgIpc) is 2.37. The van der Waals surface area contributed by atoms with Gasteiger partial charge in [0, 0.05) is 18.7 Å². The molecule has 4 nitrogen and oxygen atoms in total. The molecule has 1 aromatic carbocycles. The van der Waals surface area contributed by atoms with Gasteiger partial charge >= 0.3 is 5.69 Å². The maximum absolute atomic E-state index is 13.4. The van der Waals surface area contributed by atoms with Gasteiger partial charge in [0.25, 0.3) is 0 Å². The molecule has 0 bridgehead atoms. The normalized spacial score (nSPS) is 16.7. The molecule has 0 aliphatic heterocycles. The summed E-state index contributed by atoms with van der Waals surface area (Å²) in [4.78, 5) is 9.79. The van der Waals surface area contributed by atoms with Gasteiger partial charge < -0.3 is 5.32 Å². The van der Waals surface area contributed by atoms with Gasteiger partial charge in [-0.15, -0.1) is 0 Å². The summed E-state index contributed by atoms with van der Waals surface area (Å²) in [5.74, 6) is -0.761. The van der Waals surface area contributed by atoms with Gasteiger partial charge in [0.2, 0.25) is 5.82 Å². The molecule has 1 saturated carbocycles. The molecule has 0 saturated heterocycles. The van der Waals surface area contributed by atoms with Gasteiger partial charge in [0.1, 0.15) is 0 Å². The van der Waals surface area contributed by atoms with Crippen LogP contribution >= 0.6 is 0 Å². The van der Waals surface area contributed by atoms with Crippen molar-refractivity contribution in [1.29, 1.82) is 0 Å². The summed E-state index contributed by atoms with van der Waals surface area (Å²) in [7, 11) is 0. The Morgan fingerprint density at radius 1 is 1.33 bits per heavy atom. The first kappa shape index (κ1) is 13.0. The van der Waals surface area contributed by atoms with E-state index in [1.807, 2.05) is 0 Å². The van der Waals surface area contributed by atoms with Crippen LogP contribution in [0.4, 0.5) is 10.1 Å². The maximum Gasteiger partial charge on any atom is 0.304 e. The SMILES string of the molecule is O=[N+]([O-])c1ccc(CNC2CCCCC2)cc1F. The van der Waals surface area contributed by atoms with E-state index in [2.05, 4.69) is 5.32 Å². The zero-order valence-electron chi connectivity index (χ0n) is 10.2. The van der Waals surface area contributed by atoms with Crippen LogP contribution in [0.5, 0.6) is 0 Å². The zero-order chi connectivity index (χ0) is 13.0. The number of hydrogen-bond donors (Lipinski definition) is 1. The molecule has 1 aliphatic carbocycles. The maximum atomic E-state index is 13.4. The van der Waals surface area contributed by atoms with Gasteiger partial charge in [-0.05, 0) is 24.5 Å². The first-order valence-electron chi connectivity index (χ1n) is 6.33. The van der Waals surface area contributed by atoms with E-state index in [1.165, 1.54) is 31.4 Å². The van der Waals surface area contributed by atoms with Crippen LogP contribution in [0.3, 0.4) is 0 Å². The minimum absolute atomic E-state index is 0.462. The number of rotatable bonds is 4. The third kappa shape index (κ3) is 3.26. The van der Waals surface area contributed by atoms with Crippen molar-refractivity contribution in [3.05, 3.63) is 39.7 Å². The molecule has 0 unspecified atom stereocenters. The number of benzene rings is 1. The Morgan fingerprint density at radius 3 is 2.67 bits per heavy atom. The molecule has 5 heteroatoms. The fourth-order valence-corrected chi connectivity index (χ4v) is 2.38. The van der Waals surface area contributed by atoms with Crippen LogP contribution in [-0.2, 0) is 6.54 Å². The molecule has 0 atom stereocenters. The highest BCUT2D eigenvalue weighted by atomic mass is 19.1. The van der Waals surface area contributed by atoms with E-state index in [0.717, 1.165) is 18.4 Å². The minimum atomic E-state index is -0.761. The lowest BCUT2D eigenvalue weighted by atomic mass is 9.95. The largest absolute Gasteiger partial charge is 0.310 e. The van der Waals surface area contributed by atoms with Crippen LogP contribution < -0.4 is 5.32 Å². The molecule has 1 aromatic rings. The number of halogens is 1. The smallest absolute Gasteiger partial charge is 0.304 e. The molecule has 98 valence electrons. The van der Waals surface area contributed by atoms with Crippen molar-refractivity contribution in [3.8, 4) is 0 Å². The summed E-state index contributed by atoms with van der Waals surface area (Å²) < 4.78 is 13.4. The van der Waals surface area contributed by atoms with Gasteiger partial charge in [0.15, 0.2) is 0 Å². The zero-order valence-corrected chi connectivity index (χ0v) is 10.2. The van der Waals surface area contributed by atoms with Crippen molar-refractivity contribution in [3.63, 3.8) is 0 Å². The molecule has 1 fully saturated rings. The third-order valence-corrected chi connectivity index (χ3v) is 3.41. The Bertz CT molecular complexity index is 431. The lowest BCUT2D eigenvalue weighted by molar-refractivity contribution is -0.387. The summed E-state index contributed by atoms with van der Waals surface area (Å²) >= 11 is 0. The van der Waals surface area contributed by atoms with Crippen molar-refractivity contribution in [2.45, 2.75) is 44.7 Å². The number of nitrogens with one attached hydrogen (secondary N) is 1. The fourth-order valence-electron chi connectivity index (χ4n) is 2.38. The Morgan fingerprint density at radius 2 is 2.06 bits per heavy atom. The van der Waals surface area contributed by atoms with Gasteiger partial charge in [-0.25, -0.2) is 0 Å². The Balaban J connectivity index is 1.93. The van der Waals surface area contributed by atoms with E-state index in [4.69, 9.17) is 0 Å². The number of nitro groups is 1. The highest BCUT2D eigenvalue weighted by Gasteiger charge is 2.15. The van der Waals surface area contributed by atoms with Crippen molar-refractivity contribution < 1.29 is 9.31 Å². The summed E-state index contributed by atoms with van der Waals surface area (Å²) in [6, 6.07) is 4.58. The first-order chi connectivity index (χ1) is 8.66. The molecule has 1 N–H and O–H groups in total. The van der Waals surface area contributed by atoms with E-state index in [1.54, 1.807) is 6.07 Å². The summed E-state index contributed by atoms with van der Waals surface area (Å²) in [6.45, 7) is 0.569. The van der Waals surface area contributed by atoms with Crippen molar-refractivity contribution in [2.75, 3.05) is 0 Å². The minimum Gasteiger partial charge on any atom is -0.310 e. The van der Waals surface area contributed by atoms with E-state index >= 15 is 0 Å². The fraction of sp³-hybridized carbons (Fsp3) is 0.538. The van der Waals surface area contributed by atoms with Crippen LogP contribution in [0, 0.1) is 15.9 Å². The van der Waals surface area contributed by atoms with Gasteiger partial charge in [-0.1, -0.05) is 25.3 Å². The molecule has 18 heavy (non-hydrogen) atoms. The van der Waals surface area contributed by atoms with Crippen molar-refractivity contribution in [2.24, 2.45) is 0 Å². The predicted octanol–water partition coefficient (Wildman–Crippen LogP) is 3.16. The van der Waals surface area contributed by atoms with Crippen LogP contribution in [-0.4, -0.2) is 11.0 Å². The quantitative estimate of drug-likeness (QED) is 0.661. The third-order valence-electron chi connectivity index (χ3n) is 3.41. The average molecular weight is 252 g/mol.